The van der Waals surface area contributed by atoms with Crippen molar-refractivity contribution in [2.75, 3.05) is 0 Å². The Balaban J connectivity index is 2.16. The van der Waals surface area contributed by atoms with Gasteiger partial charge in [-0.2, -0.15) is 18.3 Å². The molecule has 0 radical (unpaired) electrons. The van der Waals surface area contributed by atoms with Gasteiger partial charge in [-0.25, -0.2) is 4.68 Å². The normalized spacial score (nSPS) is 11.6. The molecular formula is C16H10ClF3N2. The highest BCUT2D eigenvalue weighted by atomic mass is 35.5. The first-order chi connectivity index (χ1) is 10.5. The number of halogens is 4. The van der Waals surface area contributed by atoms with Crippen LogP contribution in [0.1, 0.15) is 5.56 Å². The summed E-state index contributed by atoms with van der Waals surface area (Å²) in [6, 6.07) is 14.2. The van der Waals surface area contributed by atoms with E-state index in [2.05, 4.69) is 5.10 Å². The fraction of sp³-hybridized carbons (Fsp3) is 0.0625. The Morgan fingerprint density at radius 1 is 0.955 bits per heavy atom. The van der Waals surface area contributed by atoms with Crippen molar-refractivity contribution in [3.63, 3.8) is 0 Å². The van der Waals surface area contributed by atoms with Gasteiger partial charge in [0, 0.05) is 5.56 Å². The Morgan fingerprint density at radius 2 is 1.68 bits per heavy atom. The van der Waals surface area contributed by atoms with Gasteiger partial charge in [-0.05, 0) is 24.3 Å². The molecule has 0 aliphatic heterocycles. The molecule has 1 heterocycles. The maximum Gasteiger partial charge on any atom is 0.416 e. The van der Waals surface area contributed by atoms with Gasteiger partial charge in [-0.3, -0.25) is 0 Å². The summed E-state index contributed by atoms with van der Waals surface area (Å²) in [5.41, 5.74) is 0.942. The van der Waals surface area contributed by atoms with E-state index >= 15 is 0 Å². The van der Waals surface area contributed by atoms with Crippen LogP contribution in [0.2, 0.25) is 5.02 Å². The molecule has 0 fully saturated rings. The van der Waals surface area contributed by atoms with Crippen molar-refractivity contribution in [1.82, 2.24) is 9.78 Å². The van der Waals surface area contributed by atoms with Crippen LogP contribution in [-0.2, 0) is 6.18 Å². The fourth-order valence-corrected chi connectivity index (χ4v) is 2.37. The zero-order valence-electron chi connectivity index (χ0n) is 11.2. The minimum Gasteiger partial charge on any atom is -0.232 e. The molecule has 2 aromatic carbocycles. The van der Waals surface area contributed by atoms with Gasteiger partial charge in [0.25, 0.3) is 0 Å². The molecule has 0 bridgehead atoms. The van der Waals surface area contributed by atoms with E-state index in [-0.39, 0.29) is 10.7 Å². The minimum atomic E-state index is -4.43. The van der Waals surface area contributed by atoms with Gasteiger partial charge in [-0.15, -0.1) is 0 Å². The van der Waals surface area contributed by atoms with E-state index in [1.165, 1.54) is 16.9 Å². The average molecular weight is 323 g/mol. The van der Waals surface area contributed by atoms with Crippen molar-refractivity contribution < 1.29 is 13.2 Å². The van der Waals surface area contributed by atoms with E-state index in [0.717, 1.165) is 17.7 Å². The topological polar surface area (TPSA) is 17.8 Å². The highest BCUT2D eigenvalue weighted by Gasteiger charge is 2.31. The van der Waals surface area contributed by atoms with Crippen LogP contribution in [0.15, 0.2) is 60.8 Å². The molecule has 6 heteroatoms. The first-order valence-corrected chi connectivity index (χ1v) is 6.81. The second-order valence-corrected chi connectivity index (χ2v) is 5.07. The zero-order valence-corrected chi connectivity index (χ0v) is 11.9. The Hall–Kier alpha value is -2.27. The van der Waals surface area contributed by atoms with Crippen LogP contribution in [0.25, 0.3) is 16.9 Å². The Labute approximate surface area is 129 Å². The summed E-state index contributed by atoms with van der Waals surface area (Å²) in [5.74, 6) is 0. The second-order valence-electron chi connectivity index (χ2n) is 4.66. The number of alkyl halides is 3. The molecule has 2 nitrogen and oxygen atoms in total. The quantitative estimate of drug-likeness (QED) is 0.633. The highest BCUT2D eigenvalue weighted by molar-refractivity contribution is 6.32. The molecule has 1 aromatic heterocycles. The van der Waals surface area contributed by atoms with E-state index in [1.54, 1.807) is 6.07 Å². The first kappa shape index (κ1) is 14.7. The third-order valence-electron chi connectivity index (χ3n) is 3.21. The van der Waals surface area contributed by atoms with Crippen LogP contribution in [0.5, 0.6) is 0 Å². The molecule has 0 atom stereocenters. The number of aromatic nitrogens is 2. The van der Waals surface area contributed by atoms with Crippen molar-refractivity contribution >= 4 is 11.6 Å². The Morgan fingerprint density at radius 3 is 2.36 bits per heavy atom. The summed E-state index contributed by atoms with van der Waals surface area (Å²) in [5, 5.41) is 4.31. The minimum absolute atomic E-state index is 0.195. The Kier molecular flexibility index (Phi) is 3.66. The van der Waals surface area contributed by atoms with Gasteiger partial charge in [0.05, 0.1) is 28.2 Å². The van der Waals surface area contributed by atoms with Gasteiger partial charge >= 0.3 is 6.18 Å². The molecule has 0 saturated carbocycles. The van der Waals surface area contributed by atoms with Crippen LogP contribution in [0, 0.1) is 0 Å². The number of nitrogens with zero attached hydrogens (tertiary/aromatic N) is 2. The number of hydrogen-bond donors (Lipinski definition) is 0. The van der Waals surface area contributed by atoms with E-state index in [0.29, 0.717) is 5.69 Å². The molecule has 112 valence electrons. The maximum atomic E-state index is 12.9. The molecule has 0 N–H and O–H groups in total. The summed E-state index contributed by atoms with van der Waals surface area (Å²) in [7, 11) is 0. The smallest absolute Gasteiger partial charge is 0.232 e. The molecule has 3 aromatic rings. The van der Waals surface area contributed by atoms with Gasteiger partial charge in [0.15, 0.2) is 0 Å². The molecule has 0 aliphatic rings. The molecule has 3 rings (SSSR count). The molecular weight excluding hydrogens is 313 g/mol. The monoisotopic (exact) mass is 322 g/mol. The van der Waals surface area contributed by atoms with E-state index < -0.39 is 11.7 Å². The van der Waals surface area contributed by atoms with Crippen molar-refractivity contribution in [2.45, 2.75) is 6.18 Å². The zero-order chi connectivity index (χ0) is 15.7. The average Bonchev–Trinajstić information content (AvgIpc) is 2.96. The Bertz CT molecular complexity index is 795. The van der Waals surface area contributed by atoms with E-state index in [1.807, 2.05) is 30.3 Å². The predicted octanol–water partition coefficient (Wildman–Crippen LogP) is 5.21. The highest BCUT2D eigenvalue weighted by Crippen LogP contribution is 2.34. The van der Waals surface area contributed by atoms with Crippen LogP contribution in [0.3, 0.4) is 0 Å². The number of hydrogen-bond acceptors (Lipinski definition) is 1. The van der Waals surface area contributed by atoms with Crippen molar-refractivity contribution in [1.29, 1.82) is 0 Å². The predicted molar refractivity (Wildman–Crippen MR) is 79.0 cm³/mol. The van der Waals surface area contributed by atoms with Crippen molar-refractivity contribution in [2.24, 2.45) is 0 Å². The fourth-order valence-electron chi connectivity index (χ4n) is 2.17. The van der Waals surface area contributed by atoms with Crippen LogP contribution >= 0.6 is 11.6 Å². The van der Waals surface area contributed by atoms with Crippen LogP contribution < -0.4 is 0 Å². The summed E-state index contributed by atoms with van der Waals surface area (Å²) >= 11 is 6.07. The van der Waals surface area contributed by atoms with Crippen molar-refractivity contribution in [3.8, 4) is 16.9 Å². The first-order valence-electron chi connectivity index (χ1n) is 6.43. The molecule has 0 spiro atoms. The summed E-state index contributed by atoms with van der Waals surface area (Å²) in [4.78, 5) is 0. The van der Waals surface area contributed by atoms with Crippen molar-refractivity contribution in [3.05, 3.63) is 71.4 Å². The lowest BCUT2D eigenvalue weighted by atomic mass is 10.1. The van der Waals surface area contributed by atoms with E-state index in [9.17, 15) is 13.2 Å². The SMILES string of the molecule is FC(F)(F)c1ccc(Cl)c(-n2nccc2-c2ccccc2)c1. The number of benzene rings is 2. The van der Waals surface area contributed by atoms with Crippen LogP contribution in [-0.4, -0.2) is 9.78 Å². The lowest BCUT2D eigenvalue weighted by Crippen LogP contribution is -2.07. The second kappa shape index (κ2) is 5.50. The largest absolute Gasteiger partial charge is 0.416 e. The standard InChI is InChI=1S/C16H10ClF3N2/c17-13-7-6-12(16(18,19)20)10-15(13)22-14(8-9-21-22)11-4-2-1-3-5-11/h1-10H. The third-order valence-corrected chi connectivity index (χ3v) is 3.53. The van der Waals surface area contributed by atoms with Gasteiger partial charge in [0.2, 0.25) is 0 Å². The van der Waals surface area contributed by atoms with Gasteiger partial charge < -0.3 is 0 Å². The summed E-state index contributed by atoms with van der Waals surface area (Å²) in [6.45, 7) is 0. The molecule has 0 aliphatic carbocycles. The van der Waals surface area contributed by atoms with Gasteiger partial charge in [0.1, 0.15) is 0 Å². The third kappa shape index (κ3) is 2.72. The number of rotatable bonds is 2. The summed E-state index contributed by atoms with van der Waals surface area (Å²) in [6.07, 6.45) is -2.90. The maximum absolute atomic E-state index is 12.9. The molecule has 0 unspecified atom stereocenters. The van der Waals surface area contributed by atoms with E-state index in [4.69, 9.17) is 11.6 Å². The molecule has 0 saturated heterocycles. The molecule has 0 amide bonds. The molecule has 22 heavy (non-hydrogen) atoms. The lowest BCUT2D eigenvalue weighted by Gasteiger charge is -2.13. The van der Waals surface area contributed by atoms with Crippen LogP contribution in [0.4, 0.5) is 13.2 Å². The van der Waals surface area contributed by atoms with Gasteiger partial charge in [-0.1, -0.05) is 41.9 Å². The lowest BCUT2D eigenvalue weighted by molar-refractivity contribution is -0.137. The summed E-state index contributed by atoms with van der Waals surface area (Å²) < 4.78 is 40.1.